The van der Waals surface area contributed by atoms with Gasteiger partial charge in [-0.05, 0) is 60.8 Å². The van der Waals surface area contributed by atoms with Crippen LogP contribution in [0.3, 0.4) is 0 Å². The quantitative estimate of drug-likeness (QED) is 0.486. The lowest BCUT2D eigenvalue weighted by Gasteiger charge is -2.38. The van der Waals surface area contributed by atoms with Crippen LogP contribution in [0, 0.1) is 0 Å². The van der Waals surface area contributed by atoms with Gasteiger partial charge in [0.25, 0.3) is 5.24 Å². The third kappa shape index (κ3) is 4.99. The van der Waals surface area contributed by atoms with Gasteiger partial charge in [0.15, 0.2) is 19.8 Å². The largest absolute Gasteiger partial charge is 0.493 e. The van der Waals surface area contributed by atoms with E-state index in [9.17, 15) is 4.79 Å². The Bertz CT molecular complexity index is 624. The minimum Gasteiger partial charge on any atom is -0.493 e. The van der Waals surface area contributed by atoms with Crippen molar-refractivity contribution in [3.05, 3.63) is 23.8 Å². The van der Waals surface area contributed by atoms with Crippen LogP contribution in [0.1, 0.15) is 50.4 Å². The molecule has 140 valence electrons. The first-order valence-electron chi connectivity index (χ1n) is 8.76. The van der Waals surface area contributed by atoms with Crippen molar-refractivity contribution in [3.8, 4) is 11.5 Å². The molecule has 2 atom stereocenters. The summed E-state index contributed by atoms with van der Waals surface area (Å²) >= 11 is 5.58. The van der Waals surface area contributed by atoms with E-state index in [4.69, 9.17) is 25.5 Å². The van der Waals surface area contributed by atoms with Crippen LogP contribution in [-0.2, 0) is 4.43 Å². The molecular formula is C19H29ClO4Si. The highest BCUT2D eigenvalue weighted by molar-refractivity contribution is 6.74. The summed E-state index contributed by atoms with van der Waals surface area (Å²) in [6.07, 6.45) is 3.07. The molecule has 4 nitrogen and oxygen atoms in total. The Morgan fingerprint density at radius 2 is 1.80 bits per heavy atom. The molecule has 25 heavy (non-hydrogen) atoms. The fraction of sp³-hybridized carbons (Fsp3) is 0.632. The Morgan fingerprint density at radius 3 is 2.36 bits per heavy atom. The molecule has 1 aromatic rings. The molecule has 0 spiro atoms. The van der Waals surface area contributed by atoms with Crippen LogP contribution in [-0.4, -0.2) is 32.9 Å². The van der Waals surface area contributed by atoms with E-state index >= 15 is 0 Å². The van der Waals surface area contributed by atoms with Crippen molar-refractivity contribution in [1.82, 2.24) is 0 Å². The maximum Gasteiger partial charge on any atom is 0.252 e. The van der Waals surface area contributed by atoms with Gasteiger partial charge in [-0.1, -0.05) is 20.8 Å². The van der Waals surface area contributed by atoms with Crippen molar-refractivity contribution in [3.63, 3.8) is 0 Å². The SMILES string of the molecule is COc1ccc(C(=O)Cl)cc1O[C@H]1CC[C@H](O[Si](C)(C)C(C)(C)C)C1. The van der Waals surface area contributed by atoms with Crippen LogP contribution >= 0.6 is 11.6 Å². The van der Waals surface area contributed by atoms with Crippen LogP contribution in [0.25, 0.3) is 0 Å². The van der Waals surface area contributed by atoms with Gasteiger partial charge in [0, 0.05) is 18.1 Å². The van der Waals surface area contributed by atoms with E-state index < -0.39 is 13.6 Å². The highest BCUT2D eigenvalue weighted by Crippen LogP contribution is 2.40. The third-order valence-electron chi connectivity index (χ3n) is 5.29. The van der Waals surface area contributed by atoms with Crippen LogP contribution in [0.4, 0.5) is 0 Å². The van der Waals surface area contributed by atoms with Gasteiger partial charge in [-0.3, -0.25) is 4.79 Å². The second-order valence-corrected chi connectivity index (χ2v) is 13.3. The molecule has 0 aromatic heterocycles. The molecule has 1 aliphatic carbocycles. The maximum absolute atomic E-state index is 11.4. The number of halogens is 1. The van der Waals surface area contributed by atoms with Crippen molar-refractivity contribution in [2.75, 3.05) is 7.11 Å². The van der Waals surface area contributed by atoms with E-state index in [-0.39, 0.29) is 17.2 Å². The van der Waals surface area contributed by atoms with Crippen LogP contribution in [0.2, 0.25) is 18.1 Å². The van der Waals surface area contributed by atoms with Crippen LogP contribution < -0.4 is 9.47 Å². The number of benzene rings is 1. The summed E-state index contributed by atoms with van der Waals surface area (Å²) in [5.41, 5.74) is 0.407. The topological polar surface area (TPSA) is 44.8 Å². The van der Waals surface area contributed by atoms with Crippen molar-refractivity contribution in [1.29, 1.82) is 0 Å². The Labute approximate surface area is 156 Å². The second-order valence-electron chi connectivity index (χ2n) is 8.19. The fourth-order valence-corrected chi connectivity index (χ4v) is 4.30. The monoisotopic (exact) mass is 384 g/mol. The number of hydrogen-bond acceptors (Lipinski definition) is 4. The minimum absolute atomic E-state index is 0.0596. The number of carbonyl (C=O) groups excluding carboxylic acids is 1. The van der Waals surface area contributed by atoms with Gasteiger partial charge in [-0.15, -0.1) is 0 Å². The van der Waals surface area contributed by atoms with Gasteiger partial charge >= 0.3 is 0 Å². The van der Waals surface area contributed by atoms with Gasteiger partial charge in [0.2, 0.25) is 0 Å². The molecule has 0 heterocycles. The first-order chi connectivity index (χ1) is 11.5. The number of hydrogen-bond donors (Lipinski definition) is 0. The maximum atomic E-state index is 11.4. The lowest BCUT2D eigenvalue weighted by Crippen LogP contribution is -2.43. The summed E-state index contributed by atoms with van der Waals surface area (Å²) < 4.78 is 18.0. The molecule has 6 heteroatoms. The molecule has 0 saturated heterocycles. The average Bonchev–Trinajstić information content (AvgIpc) is 2.92. The first kappa shape index (κ1) is 20.3. The number of carbonyl (C=O) groups is 1. The van der Waals surface area contributed by atoms with Crippen molar-refractivity contribution < 1.29 is 18.7 Å². The van der Waals surface area contributed by atoms with E-state index in [0.29, 0.717) is 17.1 Å². The molecular weight excluding hydrogens is 356 g/mol. The van der Waals surface area contributed by atoms with E-state index in [1.54, 1.807) is 25.3 Å². The number of methoxy groups -OCH3 is 1. The zero-order chi connectivity index (χ0) is 18.8. The molecule has 0 unspecified atom stereocenters. The summed E-state index contributed by atoms with van der Waals surface area (Å²) in [6.45, 7) is 11.3. The smallest absolute Gasteiger partial charge is 0.252 e. The number of rotatable bonds is 6. The highest BCUT2D eigenvalue weighted by Gasteiger charge is 2.41. The summed E-state index contributed by atoms with van der Waals surface area (Å²) in [7, 11) is -0.190. The fourth-order valence-electron chi connectivity index (χ4n) is 2.78. The minimum atomic E-state index is -1.78. The predicted octanol–water partition coefficient (Wildman–Crippen LogP) is 5.40. The molecule has 1 aliphatic rings. The summed E-state index contributed by atoms with van der Waals surface area (Å²) in [5.74, 6) is 1.17. The molecule has 0 amide bonds. The lowest BCUT2D eigenvalue weighted by atomic mass is 10.2. The Hall–Kier alpha value is -1.04. The van der Waals surface area contributed by atoms with E-state index in [1.807, 2.05) is 0 Å². The van der Waals surface area contributed by atoms with Gasteiger partial charge in [0.05, 0.1) is 7.11 Å². The zero-order valence-electron chi connectivity index (χ0n) is 16.0. The molecule has 0 N–H and O–H groups in total. The molecule has 2 rings (SSSR count). The summed E-state index contributed by atoms with van der Waals surface area (Å²) in [6, 6.07) is 5.00. The normalized spacial score (nSPS) is 21.2. The Kier molecular flexibility index (Phi) is 6.23. The van der Waals surface area contributed by atoms with E-state index in [2.05, 4.69) is 33.9 Å². The predicted molar refractivity (Wildman–Crippen MR) is 104 cm³/mol. The van der Waals surface area contributed by atoms with Gasteiger partial charge < -0.3 is 13.9 Å². The lowest BCUT2D eigenvalue weighted by molar-refractivity contribution is 0.107. The van der Waals surface area contributed by atoms with Crippen molar-refractivity contribution >= 4 is 25.2 Å². The molecule has 0 bridgehead atoms. The molecule has 0 aliphatic heterocycles. The molecule has 0 radical (unpaired) electrons. The first-order valence-corrected chi connectivity index (χ1v) is 12.0. The molecule has 1 aromatic carbocycles. The summed E-state index contributed by atoms with van der Waals surface area (Å²) in [4.78, 5) is 11.4. The zero-order valence-corrected chi connectivity index (χ0v) is 17.8. The van der Waals surface area contributed by atoms with Gasteiger partial charge in [-0.25, -0.2) is 0 Å². The third-order valence-corrected chi connectivity index (χ3v) is 10.0. The van der Waals surface area contributed by atoms with E-state index in [0.717, 1.165) is 19.3 Å². The van der Waals surface area contributed by atoms with Crippen molar-refractivity contribution in [2.45, 2.75) is 70.4 Å². The average molecular weight is 385 g/mol. The standard InChI is InChI=1S/C19H29ClO4Si/c1-19(2,3)25(5,6)24-15-9-8-14(12-15)23-17-11-13(18(20)21)7-10-16(17)22-4/h7,10-11,14-15H,8-9,12H2,1-6H3/t14-,15-/m0/s1. The van der Waals surface area contributed by atoms with Crippen molar-refractivity contribution in [2.24, 2.45) is 0 Å². The van der Waals surface area contributed by atoms with Crippen LogP contribution in [0.15, 0.2) is 18.2 Å². The van der Waals surface area contributed by atoms with E-state index in [1.165, 1.54) is 0 Å². The summed E-state index contributed by atoms with van der Waals surface area (Å²) in [5, 5.41) is -0.303. The second kappa shape index (κ2) is 7.68. The Balaban J connectivity index is 2.04. The van der Waals surface area contributed by atoms with Gasteiger partial charge in [0.1, 0.15) is 6.10 Å². The molecule has 1 fully saturated rings. The highest BCUT2D eigenvalue weighted by atomic mass is 35.5. The number of ether oxygens (including phenoxy) is 2. The Morgan fingerprint density at radius 1 is 1.16 bits per heavy atom. The molecule has 1 saturated carbocycles. The van der Waals surface area contributed by atoms with Crippen LogP contribution in [0.5, 0.6) is 11.5 Å². The van der Waals surface area contributed by atoms with Gasteiger partial charge in [-0.2, -0.15) is 0 Å².